The number of thioether (sulfide) groups is 1. The number of amidine groups is 1. The molecule has 3 aromatic carbocycles. The first kappa shape index (κ1) is 25.7. The molecule has 1 saturated heterocycles. The molecule has 1 aliphatic heterocycles. The number of benzene rings is 3. The van der Waals surface area contributed by atoms with Crippen molar-refractivity contribution in [2.75, 3.05) is 7.11 Å². The van der Waals surface area contributed by atoms with Gasteiger partial charge in [0.05, 0.1) is 17.7 Å². The summed E-state index contributed by atoms with van der Waals surface area (Å²) < 4.78 is 13.3. The third kappa shape index (κ3) is 5.79. The van der Waals surface area contributed by atoms with E-state index in [1.54, 1.807) is 7.11 Å². The number of halogens is 1. The number of carbonyl (C=O) groups excluding carboxylic acids is 1. The minimum Gasteiger partial charge on any atom is -0.497 e. The van der Waals surface area contributed by atoms with Gasteiger partial charge < -0.3 is 19.4 Å². The Balaban J connectivity index is 1.30. The van der Waals surface area contributed by atoms with Crippen LogP contribution in [0.4, 0.5) is 5.69 Å². The van der Waals surface area contributed by atoms with Gasteiger partial charge in [0.2, 0.25) is 0 Å². The molecule has 0 unspecified atom stereocenters. The van der Waals surface area contributed by atoms with Crippen molar-refractivity contribution >= 4 is 46.2 Å². The van der Waals surface area contributed by atoms with E-state index in [9.17, 15) is 4.79 Å². The number of aliphatic imine (C=N–C) groups is 1. The van der Waals surface area contributed by atoms with Gasteiger partial charge in [0.1, 0.15) is 18.1 Å². The first-order valence-electron chi connectivity index (χ1n) is 12.0. The number of amides is 1. The van der Waals surface area contributed by atoms with E-state index in [0.29, 0.717) is 21.7 Å². The number of nitrogens with zero attached hydrogens (tertiary/aromatic N) is 2. The molecule has 6 nitrogen and oxygen atoms in total. The lowest BCUT2D eigenvalue weighted by molar-refractivity contribution is -0.115. The molecule has 1 N–H and O–H groups in total. The van der Waals surface area contributed by atoms with Gasteiger partial charge in [-0.05, 0) is 110 Å². The molecule has 5 rings (SSSR count). The first-order valence-corrected chi connectivity index (χ1v) is 13.2. The van der Waals surface area contributed by atoms with Crippen LogP contribution >= 0.6 is 23.4 Å². The molecule has 0 saturated carbocycles. The number of hydrogen-bond donors (Lipinski definition) is 1. The lowest BCUT2D eigenvalue weighted by Gasteiger charge is -2.11. The van der Waals surface area contributed by atoms with Crippen molar-refractivity contribution in [2.24, 2.45) is 4.99 Å². The van der Waals surface area contributed by atoms with Crippen molar-refractivity contribution in [3.63, 3.8) is 0 Å². The van der Waals surface area contributed by atoms with Crippen LogP contribution in [0.25, 0.3) is 11.8 Å². The van der Waals surface area contributed by atoms with E-state index in [0.717, 1.165) is 45.4 Å². The second-order valence-electron chi connectivity index (χ2n) is 8.75. The number of carbonyl (C=O) groups is 1. The van der Waals surface area contributed by atoms with E-state index >= 15 is 0 Å². The number of aromatic nitrogens is 1. The standard InChI is InChI=1S/C30H26ClN3O3S/c1-19-16-22(17-28-29(35)33-30(38-28)32-24-8-12-26(36-3)13-9-24)20(2)34(19)25-10-14-27(15-11-25)37-18-21-4-6-23(31)7-5-21/h4-17H,18H2,1-3H3,(H,32,33,35)/b28-17+. The molecule has 1 aromatic heterocycles. The molecule has 0 aliphatic carbocycles. The van der Waals surface area contributed by atoms with Gasteiger partial charge in [-0.25, -0.2) is 4.99 Å². The Morgan fingerprint density at radius 1 is 0.974 bits per heavy atom. The lowest BCUT2D eigenvalue weighted by atomic mass is 10.2. The summed E-state index contributed by atoms with van der Waals surface area (Å²) in [5, 5.41) is 4.11. The Morgan fingerprint density at radius 2 is 1.66 bits per heavy atom. The van der Waals surface area contributed by atoms with E-state index in [-0.39, 0.29) is 5.91 Å². The number of rotatable bonds is 7. The fourth-order valence-electron chi connectivity index (χ4n) is 4.17. The zero-order valence-electron chi connectivity index (χ0n) is 21.2. The Morgan fingerprint density at radius 3 is 2.34 bits per heavy atom. The Labute approximate surface area is 231 Å². The van der Waals surface area contributed by atoms with Gasteiger partial charge in [0, 0.05) is 22.1 Å². The van der Waals surface area contributed by atoms with Crippen LogP contribution in [0.15, 0.2) is 88.8 Å². The highest BCUT2D eigenvalue weighted by Gasteiger charge is 2.24. The first-order chi connectivity index (χ1) is 18.4. The van der Waals surface area contributed by atoms with Crippen molar-refractivity contribution in [1.29, 1.82) is 0 Å². The Hall–Kier alpha value is -3.94. The highest BCUT2D eigenvalue weighted by atomic mass is 35.5. The topological polar surface area (TPSA) is 64.8 Å². The van der Waals surface area contributed by atoms with Crippen LogP contribution in [-0.4, -0.2) is 22.8 Å². The highest BCUT2D eigenvalue weighted by molar-refractivity contribution is 8.18. The second kappa shape index (κ2) is 11.2. The monoisotopic (exact) mass is 543 g/mol. The fraction of sp³-hybridized carbons (Fsp3) is 0.133. The van der Waals surface area contributed by atoms with Crippen molar-refractivity contribution < 1.29 is 14.3 Å². The predicted octanol–water partition coefficient (Wildman–Crippen LogP) is 7.23. The molecule has 2 heterocycles. The van der Waals surface area contributed by atoms with E-state index in [4.69, 9.17) is 21.1 Å². The summed E-state index contributed by atoms with van der Waals surface area (Å²) in [6.07, 6.45) is 1.92. The van der Waals surface area contributed by atoms with Crippen LogP contribution in [0.1, 0.15) is 22.5 Å². The molecule has 4 aromatic rings. The predicted molar refractivity (Wildman–Crippen MR) is 155 cm³/mol. The molecule has 0 atom stereocenters. The van der Waals surface area contributed by atoms with Gasteiger partial charge in [-0.15, -0.1) is 0 Å². The SMILES string of the molecule is COc1ccc(N=C2NC(=O)/C(=C\c3cc(C)n(-c4ccc(OCc5ccc(Cl)cc5)cc4)c3C)S2)cc1. The van der Waals surface area contributed by atoms with E-state index in [1.165, 1.54) is 11.8 Å². The normalized spacial score (nSPS) is 15.2. The molecule has 1 fully saturated rings. The Bertz CT molecular complexity index is 1520. The summed E-state index contributed by atoms with van der Waals surface area (Å²) in [4.78, 5) is 17.8. The number of methoxy groups -OCH3 is 1. The molecule has 0 bridgehead atoms. The van der Waals surface area contributed by atoms with Gasteiger partial charge >= 0.3 is 0 Å². The van der Waals surface area contributed by atoms with Gasteiger partial charge in [0.25, 0.3) is 5.91 Å². The minimum absolute atomic E-state index is 0.158. The van der Waals surface area contributed by atoms with Gasteiger partial charge in [-0.1, -0.05) is 23.7 Å². The summed E-state index contributed by atoms with van der Waals surface area (Å²) in [6.45, 7) is 4.58. The number of hydrogen-bond acceptors (Lipinski definition) is 5. The van der Waals surface area contributed by atoms with Crippen LogP contribution in [-0.2, 0) is 11.4 Å². The van der Waals surface area contributed by atoms with Crippen molar-refractivity contribution in [2.45, 2.75) is 20.5 Å². The maximum Gasteiger partial charge on any atom is 0.264 e. The molecular formula is C30H26ClN3O3S. The quantitative estimate of drug-likeness (QED) is 0.250. The Kier molecular flexibility index (Phi) is 7.58. The number of aryl methyl sites for hydroxylation is 1. The molecule has 1 aliphatic rings. The van der Waals surface area contributed by atoms with Crippen molar-refractivity contribution in [3.8, 4) is 17.2 Å². The van der Waals surface area contributed by atoms with Crippen LogP contribution in [0, 0.1) is 13.8 Å². The summed E-state index contributed by atoms with van der Waals surface area (Å²) in [5.74, 6) is 1.39. The zero-order valence-corrected chi connectivity index (χ0v) is 22.8. The van der Waals surface area contributed by atoms with Crippen LogP contribution in [0.3, 0.4) is 0 Å². The maximum atomic E-state index is 12.6. The molecule has 38 heavy (non-hydrogen) atoms. The highest BCUT2D eigenvalue weighted by Crippen LogP contribution is 2.31. The molecular weight excluding hydrogens is 518 g/mol. The fourth-order valence-corrected chi connectivity index (χ4v) is 5.12. The smallest absolute Gasteiger partial charge is 0.264 e. The zero-order chi connectivity index (χ0) is 26.6. The molecule has 0 spiro atoms. The maximum absolute atomic E-state index is 12.6. The lowest BCUT2D eigenvalue weighted by Crippen LogP contribution is -2.19. The number of nitrogens with one attached hydrogen (secondary N) is 1. The van der Waals surface area contributed by atoms with E-state index in [2.05, 4.69) is 27.9 Å². The van der Waals surface area contributed by atoms with Crippen LogP contribution < -0.4 is 14.8 Å². The second-order valence-corrected chi connectivity index (χ2v) is 10.2. The number of ether oxygens (including phenoxy) is 2. The third-order valence-corrected chi connectivity index (χ3v) is 7.29. The van der Waals surface area contributed by atoms with Crippen LogP contribution in [0.5, 0.6) is 11.5 Å². The molecule has 8 heteroatoms. The summed E-state index contributed by atoms with van der Waals surface area (Å²) in [7, 11) is 1.62. The summed E-state index contributed by atoms with van der Waals surface area (Å²) in [5.41, 5.74) is 5.91. The average Bonchev–Trinajstić information content (AvgIpc) is 3.41. The average molecular weight is 544 g/mol. The molecule has 1 amide bonds. The van der Waals surface area contributed by atoms with Gasteiger partial charge in [-0.2, -0.15) is 0 Å². The van der Waals surface area contributed by atoms with Gasteiger partial charge in [0.15, 0.2) is 5.17 Å². The molecule has 0 radical (unpaired) electrons. The van der Waals surface area contributed by atoms with Crippen LogP contribution in [0.2, 0.25) is 5.02 Å². The third-order valence-electron chi connectivity index (χ3n) is 6.12. The van der Waals surface area contributed by atoms with Crippen molar-refractivity contribution in [1.82, 2.24) is 9.88 Å². The van der Waals surface area contributed by atoms with Gasteiger partial charge in [-0.3, -0.25) is 4.79 Å². The van der Waals surface area contributed by atoms with E-state index < -0.39 is 0 Å². The van der Waals surface area contributed by atoms with Crippen molar-refractivity contribution in [3.05, 3.63) is 111 Å². The van der Waals surface area contributed by atoms with E-state index in [1.807, 2.05) is 85.8 Å². The molecule has 192 valence electrons. The largest absolute Gasteiger partial charge is 0.497 e. The summed E-state index contributed by atoms with van der Waals surface area (Å²) in [6, 6.07) is 25.1. The minimum atomic E-state index is -0.158. The summed E-state index contributed by atoms with van der Waals surface area (Å²) >= 11 is 7.28.